The van der Waals surface area contributed by atoms with Crippen molar-refractivity contribution in [2.45, 2.75) is 12.8 Å². The molecule has 1 atom stereocenters. The van der Waals surface area contributed by atoms with Crippen molar-refractivity contribution in [1.82, 2.24) is 4.90 Å². The highest BCUT2D eigenvalue weighted by Gasteiger charge is 2.22. The van der Waals surface area contributed by atoms with Crippen molar-refractivity contribution < 1.29 is 4.79 Å². The molecule has 1 amide bonds. The molecule has 1 rings (SSSR count). The zero-order valence-corrected chi connectivity index (χ0v) is 8.33. The van der Waals surface area contributed by atoms with E-state index in [1.54, 1.807) is 0 Å². The lowest BCUT2D eigenvalue weighted by Crippen LogP contribution is -2.41. The predicted molar refractivity (Wildman–Crippen MR) is 53.4 cm³/mol. The van der Waals surface area contributed by atoms with Gasteiger partial charge in [0, 0.05) is 18.6 Å². The zero-order chi connectivity index (χ0) is 9.68. The Kier molecular flexibility index (Phi) is 4.25. The van der Waals surface area contributed by atoms with Crippen LogP contribution < -0.4 is 5.73 Å². The van der Waals surface area contributed by atoms with Gasteiger partial charge in [-0.15, -0.1) is 0 Å². The van der Waals surface area contributed by atoms with Crippen molar-refractivity contribution in [2.24, 2.45) is 11.7 Å². The van der Waals surface area contributed by atoms with E-state index < -0.39 is 0 Å². The smallest absolute Gasteiger partial charge is 0.221 e. The van der Waals surface area contributed by atoms with Crippen LogP contribution in [-0.2, 0) is 4.79 Å². The number of hydrogen-bond acceptors (Lipinski definition) is 2. The molecule has 74 valence electrons. The van der Waals surface area contributed by atoms with Gasteiger partial charge in [0.15, 0.2) is 0 Å². The molecule has 1 unspecified atom stereocenters. The average molecular weight is 203 g/mol. The van der Waals surface area contributed by atoms with E-state index in [-0.39, 0.29) is 11.8 Å². The fourth-order valence-corrected chi connectivity index (χ4v) is 1.72. The first kappa shape index (κ1) is 10.5. The van der Waals surface area contributed by atoms with Crippen LogP contribution >= 0.6 is 11.6 Å². The van der Waals surface area contributed by atoms with Crippen molar-refractivity contribution in [2.75, 3.05) is 19.6 Å². The summed E-state index contributed by atoms with van der Waals surface area (Å²) in [6, 6.07) is 0. The summed E-state index contributed by atoms with van der Waals surface area (Å²) in [6.45, 7) is 2.62. The molecule has 2 N–H and O–H groups in total. The number of likely N-dealkylation sites (tertiary alicyclic amines) is 1. The number of carbonyl (C=O) groups excluding carboxylic acids is 1. The molecule has 4 heteroatoms. The molecule has 0 aromatic rings. The SMILES string of the molecule is NC(=O)C1CCCN(C/C=C/Cl)C1. The first-order valence-electron chi connectivity index (χ1n) is 4.51. The molecule has 1 aliphatic heterocycles. The van der Waals surface area contributed by atoms with Gasteiger partial charge in [-0.2, -0.15) is 0 Å². The molecule has 0 spiro atoms. The molecule has 1 saturated heterocycles. The Balaban J connectivity index is 2.37. The van der Waals surface area contributed by atoms with Gasteiger partial charge >= 0.3 is 0 Å². The summed E-state index contributed by atoms with van der Waals surface area (Å²) in [4.78, 5) is 13.1. The minimum absolute atomic E-state index is 0.0254. The molecule has 1 fully saturated rings. The maximum atomic E-state index is 10.9. The summed E-state index contributed by atoms with van der Waals surface area (Å²) in [6.07, 6.45) is 3.85. The fraction of sp³-hybridized carbons (Fsp3) is 0.667. The highest BCUT2D eigenvalue weighted by atomic mass is 35.5. The Labute approximate surface area is 83.5 Å². The van der Waals surface area contributed by atoms with Gasteiger partial charge in [-0.3, -0.25) is 9.69 Å². The summed E-state index contributed by atoms with van der Waals surface area (Å²) in [5.41, 5.74) is 6.76. The Morgan fingerprint density at radius 2 is 2.46 bits per heavy atom. The minimum Gasteiger partial charge on any atom is -0.369 e. The molecular weight excluding hydrogens is 188 g/mol. The van der Waals surface area contributed by atoms with E-state index in [1.807, 2.05) is 6.08 Å². The molecular formula is C9H15ClN2O. The molecule has 0 aromatic carbocycles. The van der Waals surface area contributed by atoms with E-state index in [1.165, 1.54) is 5.54 Å². The van der Waals surface area contributed by atoms with Gasteiger partial charge < -0.3 is 5.73 Å². The van der Waals surface area contributed by atoms with E-state index in [0.29, 0.717) is 0 Å². The summed E-state index contributed by atoms with van der Waals surface area (Å²) in [5, 5.41) is 0. The van der Waals surface area contributed by atoms with Crippen molar-refractivity contribution >= 4 is 17.5 Å². The summed E-state index contributed by atoms with van der Waals surface area (Å²) in [5.74, 6) is -0.156. The maximum Gasteiger partial charge on any atom is 0.221 e. The lowest BCUT2D eigenvalue weighted by atomic mass is 9.98. The van der Waals surface area contributed by atoms with Crippen molar-refractivity contribution in [3.05, 3.63) is 11.6 Å². The predicted octanol–water partition coefficient (Wildman–Crippen LogP) is 0.936. The normalized spacial score (nSPS) is 25.2. The number of carbonyl (C=O) groups is 1. The lowest BCUT2D eigenvalue weighted by molar-refractivity contribution is -0.123. The first-order valence-corrected chi connectivity index (χ1v) is 4.94. The highest BCUT2D eigenvalue weighted by Crippen LogP contribution is 2.15. The second-order valence-corrected chi connectivity index (χ2v) is 3.61. The molecule has 0 aliphatic carbocycles. The Hall–Kier alpha value is -0.540. The second-order valence-electron chi connectivity index (χ2n) is 3.36. The molecule has 3 nitrogen and oxygen atoms in total. The second kappa shape index (κ2) is 5.25. The van der Waals surface area contributed by atoms with E-state index in [4.69, 9.17) is 17.3 Å². The third-order valence-corrected chi connectivity index (χ3v) is 2.54. The van der Waals surface area contributed by atoms with Gasteiger partial charge in [-0.1, -0.05) is 17.7 Å². The number of amides is 1. The van der Waals surface area contributed by atoms with Crippen LogP contribution in [0.2, 0.25) is 0 Å². The largest absolute Gasteiger partial charge is 0.369 e. The van der Waals surface area contributed by atoms with Gasteiger partial charge in [0.1, 0.15) is 0 Å². The van der Waals surface area contributed by atoms with Crippen LogP contribution in [0.25, 0.3) is 0 Å². The Bertz CT molecular complexity index is 206. The first-order chi connectivity index (χ1) is 6.24. The number of nitrogens with zero attached hydrogens (tertiary/aromatic N) is 1. The minimum atomic E-state index is -0.181. The standard InChI is InChI=1S/C9H15ClN2O/c10-4-2-6-12-5-1-3-8(7-12)9(11)13/h2,4,8H,1,3,5-7H2,(H2,11,13)/b4-2+. The monoisotopic (exact) mass is 202 g/mol. The van der Waals surface area contributed by atoms with Gasteiger partial charge in [-0.05, 0) is 19.4 Å². The summed E-state index contributed by atoms with van der Waals surface area (Å²) in [7, 11) is 0. The highest BCUT2D eigenvalue weighted by molar-refractivity contribution is 6.25. The zero-order valence-electron chi connectivity index (χ0n) is 7.58. The number of halogens is 1. The quantitative estimate of drug-likeness (QED) is 0.741. The third-order valence-electron chi connectivity index (χ3n) is 2.36. The number of nitrogens with two attached hydrogens (primary N) is 1. The van der Waals surface area contributed by atoms with Crippen LogP contribution in [-0.4, -0.2) is 30.4 Å². The van der Waals surface area contributed by atoms with Crippen molar-refractivity contribution in [3.63, 3.8) is 0 Å². The van der Waals surface area contributed by atoms with Gasteiger partial charge in [0.05, 0.1) is 5.92 Å². The molecule has 1 aliphatic rings. The number of primary amides is 1. The van der Waals surface area contributed by atoms with Crippen molar-refractivity contribution in [1.29, 1.82) is 0 Å². The van der Waals surface area contributed by atoms with Gasteiger partial charge in [0.2, 0.25) is 5.91 Å². The lowest BCUT2D eigenvalue weighted by Gasteiger charge is -2.29. The summed E-state index contributed by atoms with van der Waals surface area (Å²) >= 11 is 5.42. The van der Waals surface area contributed by atoms with Crippen LogP contribution in [0.1, 0.15) is 12.8 Å². The number of hydrogen-bond donors (Lipinski definition) is 1. The van der Waals surface area contributed by atoms with Crippen LogP contribution in [0.3, 0.4) is 0 Å². The maximum absolute atomic E-state index is 10.9. The topological polar surface area (TPSA) is 46.3 Å². The van der Waals surface area contributed by atoms with Crippen LogP contribution in [0.4, 0.5) is 0 Å². The van der Waals surface area contributed by atoms with E-state index in [9.17, 15) is 4.79 Å². The summed E-state index contributed by atoms with van der Waals surface area (Å²) < 4.78 is 0. The van der Waals surface area contributed by atoms with Gasteiger partial charge in [-0.25, -0.2) is 0 Å². The van der Waals surface area contributed by atoms with Crippen LogP contribution in [0.15, 0.2) is 11.6 Å². The Morgan fingerprint density at radius 1 is 1.69 bits per heavy atom. The molecule has 0 saturated carbocycles. The van der Waals surface area contributed by atoms with Crippen LogP contribution in [0, 0.1) is 5.92 Å². The number of rotatable bonds is 3. The van der Waals surface area contributed by atoms with Crippen LogP contribution in [0.5, 0.6) is 0 Å². The molecule has 1 heterocycles. The van der Waals surface area contributed by atoms with Gasteiger partial charge in [0.25, 0.3) is 0 Å². The molecule has 0 bridgehead atoms. The fourth-order valence-electron chi connectivity index (χ4n) is 1.64. The molecule has 0 radical (unpaired) electrons. The van der Waals surface area contributed by atoms with Crippen molar-refractivity contribution in [3.8, 4) is 0 Å². The average Bonchev–Trinajstić information content (AvgIpc) is 2.15. The van der Waals surface area contributed by atoms with E-state index in [2.05, 4.69) is 4.90 Å². The molecule has 13 heavy (non-hydrogen) atoms. The third kappa shape index (κ3) is 3.36. The number of piperidine rings is 1. The van der Waals surface area contributed by atoms with E-state index in [0.717, 1.165) is 32.5 Å². The Morgan fingerprint density at radius 3 is 3.08 bits per heavy atom. The molecule has 0 aromatic heterocycles. The van der Waals surface area contributed by atoms with E-state index >= 15 is 0 Å².